The summed E-state index contributed by atoms with van der Waals surface area (Å²) < 4.78 is 6.74. The van der Waals surface area contributed by atoms with Crippen LogP contribution in [0.15, 0.2) is 35.1 Å². The van der Waals surface area contributed by atoms with Gasteiger partial charge in [0.1, 0.15) is 6.61 Å². The normalized spacial score (nSPS) is 18.8. The van der Waals surface area contributed by atoms with Crippen molar-refractivity contribution in [3.05, 3.63) is 62.9 Å². The number of fused-ring (bicyclic) bond motifs is 5. The number of nitrogens with one attached hydrogen (secondary N) is 1. The van der Waals surface area contributed by atoms with E-state index in [2.05, 4.69) is 24.1 Å². The fraction of sp³-hybridized carbons (Fsp3) is 0.429. The first-order valence-electron chi connectivity index (χ1n) is 12.9. The minimum Gasteiger partial charge on any atom is -0.458 e. The van der Waals surface area contributed by atoms with Crippen LogP contribution < -0.4 is 10.9 Å². The van der Waals surface area contributed by atoms with Gasteiger partial charge in [0.05, 0.1) is 40.7 Å². The highest BCUT2D eigenvalue weighted by Crippen LogP contribution is 2.38. The number of carbonyl (C=O) groups is 2. The second-order valence-corrected chi connectivity index (χ2v) is 9.60. The second-order valence-electron chi connectivity index (χ2n) is 9.60. The number of ether oxygens (including phenoxy) is 1. The number of aromatic nitrogens is 2. The summed E-state index contributed by atoms with van der Waals surface area (Å²) in [4.78, 5) is 46.3. The third kappa shape index (κ3) is 3.84. The number of carbonyl (C=O) groups excluding carboxylic acids is 2. The zero-order valence-electron chi connectivity index (χ0n) is 21.6. The van der Waals surface area contributed by atoms with Crippen molar-refractivity contribution in [1.29, 1.82) is 0 Å². The Balaban J connectivity index is 1.62. The number of cyclic esters (lactones) is 1. The molecule has 9 heteroatoms. The van der Waals surface area contributed by atoms with Crippen molar-refractivity contribution < 1.29 is 19.4 Å². The molecule has 0 spiro atoms. The smallest absolute Gasteiger partial charge is 0.343 e. The van der Waals surface area contributed by atoms with Crippen LogP contribution in [-0.2, 0) is 28.3 Å². The summed E-state index contributed by atoms with van der Waals surface area (Å²) in [5.41, 5.74) is 1.29. The van der Waals surface area contributed by atoms with Gasteiger partial charge in [0.15, 0.2) is 5.60 Å². The number of pyridine rings is 2. The molecule has 2 N–H and O–H groups in total. The van der Waals surface area contributed by atoms with Crippen molar-refractivity contribution >= 4 is 22.8 Å². The number of hydrogen-bond donors (Lipinski definition) is 2. The fourth-order valence-electron chi connectivity index (χ4n) is 5.54. The average molecular weight is 505 g/mol. The number of benzene rings is 1. The van der Waals surface area contributed by atoms with Crippen LogP contribution >= 0.6 is 0 Å². The Labute approximate surface area is 215 Å². The number of hydrogen-bond acceptors (Lipinski definition) is 7. The molecule has 0 fully saturated rings. The van der Waals surface area contributed by atoms with E-state index in [1.54, 1.807) is 23.6 Å². The highest BCUT2D eigenvalue weighted by atomic mass is 16.6. The Morgan fingerprint density at radius 1 is 1.22 bits per heavy atom. The van der Waals surface area contributed by atoms with Crippen LogP contribution in [0.3, 0.4) is 0 Å². The molecule has 0 saturated carbocycles. The van der Waals surface area contributed by atoms with Gasteiger partial charge in [-0.05, 0) is 44.1 Å². The molecule has 37 heavy (non-hydrogen) atoms. The molecule has 0 bridgehead atoms. The highest BCUT2D eigenvalue weighted by molar-refractivity contribution is 6.06. The number of nitrogens with zero attached hydrogens (tertiary/aromatic N) is 3. The SMILES string of the molecule is CCC(NC(=O)c1cccc2cc3c(nc12)-c1cc2c(c(=O)n1C3)COC(=O)[C@]2(O)CC)N(CC)CC. The highest BCUT2D eigenvalue weighted by Gasteiger charge is 2.45. The molecule has 2 atom stereocenters. The number of esters is 1. The number of aliphatic hydroxyl groups is 1. The van der Waals surface area contributed by atoms with Gasteiger partial charge in [0.2, 0.25) is 0 Å². The summed E-state index contributed by atoms with van der Waals surface area (Å²) in [7, 11) is 0. The zero-order valence-corrected chi connectivity index (χ0v) is 21.6. The summed E-state index contributed by atoms with van der Waals surface area (Å²) in [5, 5.41) is 15.0. The molecule has 3 aromatic rings. The third-order valence-electron chi connectivity index (χ3n) is 7.72. The molecule has 2 aromatic heterocycles. The molecule has 2 aliphatic rings. The molecule has 0 radical (unpaired) electrons. The van der Waals surface area contributed by atoms with E-state index in [0.29, 0.717) is 29.0 Å². The quantitative estimate of drug-likeness (QED) is 0.294. The minimum atomic E-state index is -1.88. The minimum absolute atomic E-state index is 0.0786. The molecule has 9 nitrogen and oxygen atoms in total. The lowest BCUT2D eigenvalue weighted by Crippen LogP contribution is -2.47. The van der Waals surface area contributed by atoms with Crippen molar-refractivity contribution in [1.82, 2.24) is 19.8 Å². The molecule has 5 rings (SSSR count). The summed E-state index contributed by atoms with van der Waals surface area (Å²) in [6.07, 6.45) is 0.755. The van der Waals surface area contributed by atoms with E-state index in [9.17, 15) is 19.5 Å². The van der Waals surface area contributed by atoms with Crippen LogP contribution in [0.2, 0.25) is 0 Å². The second kappa shape index (κ2) is 9.39. The molecule has 1 amide bonds. The van der Waals surface area contributed by atoms with Crippen molar-refractivity contribution in [3.8, 4) is 11.4 Å². The maximum atomic E-state index is 13.4. The van der Waals surface area contributed by atoms with Crippen LogP contribution in [0.1, 0.15) is 67.6 Å². The molecule has 4 heterocycles. The van der Waals surface area contributed by atoms with Crippen molar-refractivity contribution in [2.45, 2.75) is 65.5 Å². The molecule has 194 valence electrons. The molecule has 0 saturated heterocycles. The standard InChI is InChI=1S/C28H32N4O5/c1-5-22(31(7-3)8-4)29-25(33)18-11-9-10-16-12-17-14-32-21(24(17)30-23(16)18)13-20-19(26(32)34)15-37-27(35)28(20,36)6-2/h9-13,22,36H,5-8,14-15H2,1-4H3,(H,29,33)/t22?,28-/m0/s1. The van der Waals surface area contributed by atoms with E-state index in [-0.39, 0.29) is 41.8 Å². The predicted octanol–water partition coefficient (Wildman–Crippen LogP) is 2.89. The molecule has 2 aliphatic heterocycles. The van der Waals surface area contributed by atoms with E-state index in [1.165, 1.54) is 0 Å². The van der Waals surface area contributed by atoms with Gasteiger partial charge in [-0.15, -0.1) is 0 Å². The maximum Gasteiger partial charge on any atom is 0.343 e. The van der Waals surface area contributed by atoms with E-state index < -0.39 is 11.6 Å². The fourth-order valence-corrected chi connectivity index (χ4v) is 5.54. The lowest BCUT2D eigenvalue weighted by molar-refractivity contribution is -0.172. The Bertz CT molecular complexity index is 1480. The molecule has 0 aliphatic carbocycles. The Kier molecular flexibility index (Phi) is 6.37. The van der Waals surface area contributed by atoms with Gasteiger partial charge in [0, 0.05) is 16.5 Å². The van der Waals surface area contributed by atoms with Crippen LogP contribution in [0.5, 0.6) is 0 Å². The van der Waals surface area contributed by atoms with Gasteiger partial charge in [-0.2, -0.15) is 0 Å². The van der Waals surface area contributed by atoms with Crippen LogP contribution in [-0.4, -0.2) is 50.7 Å². The van der Waals surface area contributed by atoms with Gasteiger partial charge in [-0.25, -0.2) is 9.78 Å². The van der Waals surface area contributed by atoms with Crippen molar-refractivity contribution in [2.24, 2.45) is 0 Å². The Morgan fingerprint density at radius 3 is 2.65 bits per heavy atom. The molecular weight excluding hydrogens is 472 g/mol. The van der Waals surface area contributed by atoms with E-state index in [0.717, 1.165) is 30.5 Å². The van der Waals surface area contributed by atoms with Crippen molar-refractivity contribution in [3.63, 3.8) is 0 Å². The average Bonchev–Trinajstić information content (AvgIpc) is 3.27. The monoisotopic (exact) mass is 504 g/mol. The first-order valence-corrected chi connectivity index (χ1v) is 12.9. The van der Waals surface area contributed by atoms with Crippen molar-refractivity contribution in [2.75, 3.05) is 13.1 Å². The van der Waals surface area contributed by atoms with E-state index >= 15 is 0 Å². The van der Waals surface area contributed by atoms with Gasteiger partial charge >= 0.3 is 5.97 Å². The number of rotatable bonds is 7. The first-order chi connectivity index (χ1) is 17.8. The predicted molar refractivity (Wildman–Crippen MR) is 139 cm³/mol. The van der Waals surface area contributed by atoms with Crippen LogP contribution in [0.25, 0.3) is 22.3 Å². The molecule has 1 aromatic carbocycles. The summed E-state index contributed by atoms with van der Waals surface area (Å²) in [6, 6.07) is 9.13. The lowest BCUT2D eigenvalue weighted by Gasteiger charge is -2.31. The maximum absolute atomic E-state index is 13.4. The summed E-state index contributed by atoms with van der Waals surface area (Å²) in [6.45, 7) is 9.64. The largest absolute Gasteiger partial charge is 0.458 e. The van der Waals surface area contributed by atoms with Gasteiger partial charge in [0.25, 0.3) is 11.5 Å². The topological polar surface area (TPSA) is 114 Å². The van der Waals surface area contributed by atoms with Gasteiger partial charge in [-0.3, -0.25) is 14.5 Å². The Hall–Kier alpha value is -3.56. The van der Waals surface area contributed by atoms with Crippen LogP contribution in [0, 0.1) is 0 Å². The summed E-state index contributed by atoms with van der Waals surface area (Å²) >= 11 is 0. The van der Waals surface area contributed by atoms with Gasteiger partial charge < -0.3 is 19.7 Å². The number of amides is 1. The van der Waals surface area contributed by atoms with E-state index in [1.807, 2.05) is 25.1 Å². The Morgan fingerprint density at radius 2 is 1.97 bits per heavy atom. The zero-order chi connectivity index (χ0) is 26.5. The molecule has 1 unspecified atom stereocenters. The summed E-state index contributed by atoms with van der Waals surface area (Å²) in [5.74, 6) is -0.963. The first kappa shape index (κ1) is 25.1. The number of para-hydroxylation sites is 1. The van der Waals surface area contributed by atoms with Gasteiger partial charge in [-0.1, -0.05) is 39.8 Å². The molecular formula is C28H32N4O5. The van der Waals surface area contributed by atoms with E-state index in [4.69, 9.17) is 9.72 Å². The van der Waals surface area contributed by atoms with Crippen LogP contribution in [0.4, 0.5) is 0 Å². The third-order valence-corrected chi connectivity index (χ3v) is 7.72. The lowest BCUT2D eigenvalue weighted by atomic mass is 9.86.